The maximum atomic E-state index is 13.5. The Bertz CT molecular complexity index is 4920. The number of carbonyl (C=O) groups excluding carboxylic acids is 2. The molecule has 7 heterocycles. The van der Waals surface area contributed by atoms with Crippen molar-refractivity contribution in [2.24, 2.45) is 0 Å². The van der Waals surface area contributed by atoms with E-state index in [4.69, 9.17) is 50.1 Å². The fourth-order valence-electron chi connectivity index (χ4n) is 15.7. The number of carbonyl (C=O) groups is 2. The van der Waals surface area contributed by atoms with Crippen molar-refractivity contribution >= 4 is 56.5 Å². The predicted octanol–water partition coefficient (Wildman–Crippen LogP) is 14.9. The second kappa shape index (κ2) is 32.1. The Balaban J connectivity index is 0.000000145. The van der Waals surface area contributed by atoms with E-state index >= 15 is 0 Å². The van der Waals surface area contributed by atoms with Gasteiger partial charge in [0.15, 0.2) is 10.7 Å². The molecule has 0 saturated heterocycles. The number of nitrogens with zero attached hydrogens (tertiary/aromatic N) is 2. The first-order chi connectivity index (χ1) is 48.7. The summed E-state index contributed by atoms with van der Waals surface area (Å²) in [7, 11) is 0. The third-order valence-electron chi connectivity index (χ3n) is 20.6. The van der Waals surface area contributed by atoms with E-state index in [1.54, 1.807) is 66.6 Å². The Kier molecular flexibility index (Phi) is 22.6. The number of ether oxygens (including phenoxy) is 4. The largest absolute Gasteiger partial charge is 0.463 e. The molecular weight excluding hydrogens is 1260 g/mol. The summed E-state index contributed by atoms with van der Waals surface area (Å²) in [4.78, 5) is 28.9. The normalized spacial score (nSPS) is 14.2. The molecule has 524 valence electrons. The van der Waals surface area contributed by atoms with Gasteiger partial charge in [-0.05, 0) is 155 Å². The first-order valence-electron chi connectivity index (χ1n) is 36.6. The zero-order valence-electron chi connectivity index (χ0n) is 58.8. The fourth-order valence-corrected chi connectivity index (χ4v) is 15.7. The molecule has 6 aromatic rings. The Morgan fingerprint density at radius 1 is 0.584 bits per heavy atom. The van der Waals surface area contributed by atoms with Gasteiger partial charge in [0.25, 0.3) is 0 Å². The highest BCUT2D eigenvalue weighted by Gasteiger charge is 2.35. The SMILES string of the molecule is C.C=C(C)OCOC(=O)c1ccccc1-c1c2ccc(=[NH2+])cc-2oc2cc(N)ccc12.CC1=c2cc3c4c(c2Oc2c1cc1c5c2CCCN5CCC1)CCC[N+]=4CCC3.CCCCCCCCCCCCCCC(C)OC(=O)c1ccccc1-c1c2ccc(=[NH2+])cc-2oc2cc(N)ccc12. The molecular formula is C87H101N6O8+3. The van der Waals surface area contributed by atoms with E-state index in [1.807, 2.05) is 79.7 Å². The van der Waals surface area contributed by atoms with Gasteiger partial charge < -0.3 is 44.1 Å². The van der Waals surface area contributed by atoms with Crippen molar-refractivity contribution in [2.75, 3.05) is 49.3 Å². The number of unbranched alkanes of at least 4 members (excludes halogenated alkanes) is 11. The zero-order valence-corrected chi connectivity index (χ0v) is 58.8. The maximum Gasteiger partial charge on any atom is 0.341 e. The number of hydrogen-bond acceptors (Lipinski definition) is 11. The highest BCUT2D eigenvalue weighted by Crippen LogP contribution is 2.48. The van der Waals surface area contributed by atoms with Crippen molar-refractivity contribution in [2.45, 2.75) is 176 Å². The van der Waals surface area contributed by atoms with E-state index in [9.17, 15) is 9.59 Å². The third-order valence-corrected chi connectivity index (χ3v) is 20.6. The lowest BCUT2D eigenvalue weighted by molar-refractivity contribution is -0.173. The van der Waals surface area contributed by atoms with Crippen LogP contribution in [-0.2, 0) is 39.9 Å². The molecule has 101 heavy (non-hydrogen) atoms. The van der Waals surface area contributed by atoms with Crippen molar-refractivity contribution in [1.29, 1.82) is 0 Å². The number of allylic oxidation sites excluding steroid dienone is 1. The van der Waals surface area contributed by atoms with Crippen LogP contribution in [0.4, 0.5) is 17.1 Å². The molecule has 0 bridgehead atoms. The van der Waals surface area contributed by atoms with E-state index in [0.717, 1.165) is 64.3 Å². The summed E-state index contributed by atoms with van der Waals surface area (Å²) in [6, 6.07) is 41.9. The van der Waals surface area contributed by atoms with Gasteiger partial charge in [0, 0.05) is 122 Å². The lowest BCUT2D eigenvalue weighted by Gasteiger charge is -2.39. The highest BCUT2D eigenvalue weighted by molar-refractivity contribution is 6.09. The zero-order chi connectivity index (χ0) is 69.4. The fraction of sp³-hybridized carbons (Fsp3) is 0.368. The molecule has 14 nitrogen and oxygen atoms in total. The molecule has 0 spiro atoms. The number of fused-ring (bicyclic) bond motifs is 8. The van der Waals surface area contributed by atoms with Gasteiger partial charge in [-0.3, -0.25) is 10.8 Å². The average Bonchev–Trinajstić information content (AvgIpc) is 0.727. The number of aryl methyl sites for hydroxylation is 2. The molecule has 14 heteroatoms. The molecule has 0 fully saturated rings. The van der Waals surface area contributed by atoms with Crippen LogP contribution in [0.15, 0.2) is 155 Å². The average molecular weight is 1360 g/mol. The molecule has 0 saturated carbocycles. The quantitative estimate of drug-likeness (QED) is 0.0101. The molecule has 8 N–H and O–H groups in total. The number of benzene rings is 8. The van der Waals surface area contributed by atoms with Crippen LogP contribution in [0.5, 0.6) is 11.5 Å². The lowest BCUT2D eigenvalue weighted by Crippen LogP contribution is -2.45. The minimum Gasteiger partial charge on any atom is -0.463 e. The second-order valence-electron chi connectivity index (χ2n) is 28.0. The summed E-state index contributed by atoms with van der Waals surface area (Å²) < 4.78 is 38.2. The molecule has 0 aromatic heterocycles. The van der Waals surface area contributed by atoms with Crippen LogP contribution in [0.2, 0.25) is 0 Å². The van der Waals surface area contributed by atoms with Gasteiger partial charge in [-0.25, -0.2) is 14.2 Å². The number of hydrogen-bond donors (Lipinski definition) is 4. The van der Waals surface area contributed by atoms with Gasteiger partial charge in [-0.15, -0.1) is 0 Å². The monoisotopic (exact) mass is 1360 g/mol. The van der Waals surface area contributed by atoms with E-state index in [1.165, 1.54) is 185 Å². The molecule has 15 rings (SSSR count). The van der Waals surface area contributed by atoms with Gasteiger partial charge in [-0.1, -0.05) is 128 Å². The van der Waals surface area contributed by atoms with Crippen LogP contribution in [-0.4, -0.2) is 51.0 Å². The van der Waals surface area contributed by atoms with E-state index < -0.39 is 5.97 Å². The molecule has 1 atom stereocenters. The molecule has 2 aliphatic carbocycles. The third kappa shape index (κ3) is 15.5. The van der Waals surface area contributed by atoms with E-state index in [2.05, 4.69) is 42.0 Å². The topological polar surface area (TPSA) is 207 Å². The van der Waals surface area contributed by atoms with E-state index in [0.29, 0.717) is 67.2 Å². The standard InChI is InChI=1S/C36H46N2O3.C26H29N2O.C24H20N2O4.CH4/c1-3-4-5-6-7-8-9-10-11-12-13-14-17-26(2)40-36(39)30-19-16-15-18-29(30)35-31-22-20-27(37)24-33(31)41-34-25-28(38)21-23-32(34)35;1-16-21-14-17-6-2-10-27-12-4-8-19(23(17)27)25(21)29-26-20-9-5-13-28-11-3-7-18(24(20)28)15-22(16)26;1-14(2)28-13-29-24(27)18-6-4-3-5-17(18)23-19-9-7-15(25)11-21(19)30-22-12-16(26)8-10-20(22)23;/h15-16,18-26,37H,3-14,17,38H2,1-2H3;14-15H,2-13H2,1H3;3-12,25H,1,13,26H2,2H3;1H4/q;+1;;/p+2. The number of anilines is 3. The Morgan fingerprint density at radius 3 is 1.71 bits per heavy atom. The molecule has 7 aliphatic heterocycles. The first kappa shape index (κ1) is 70.9. The second-order valence-corrected chi connectivity index (χ2v) is 28.0. The lowest BCUT2D eigenvalue weighted by atomic mass is 9.85. The predicted molar refractivity (Wildman–Crippen MR) is 406 cm³/mol. The van der Waals surface area contributed by atoms with Crippen LogP contribution in [0.1, 0.15) is 193 Å². The number of esters is 2. The summed E-state index contributed by atoms with van der Waals surface area (Å²) in [6.45, 7) is 16.6. The van der Waals surface area contributed by atoms with Crippen LogP contribution in [0, 0.1) is 0 Å². The summed E-state index contributed by atoms with van der Waals surface area (Å²) >= 11 is 0. The Morgan fingerprint density at radius 2 is 1.12 bits per heavy atom. The van der Waals surface area contributed by atoms with Crippen molar-refractivity contribution in [3.8, 4) is 56.4 Å². The van der Waals surface area contributed by atoms with E-state index in [-0.39, 0.29) is 26.3 Å². The molecule has 1 unspecified atom stereocenters. The summed E-state index contributed by atoms with van der Waals surface area (Å²) in [6.07, 6.45) is 26.4. The van der Waals surface area contributed by atoms with Crippen molar-refractivity contribution < 1.29 is 48.2 Å². The first-order valence-corrected chi connectivity index (χ1v) is 36.6. The summed E-state index contributed by atoms with van der Waals surface area (Å²) in [5.41, 5.74) is 30.8. The minimum atomic E-state index is -0.500. The minimum absolute atomic E-state index is 0. The van der Waals surface area contributed by atoms with Gasteiger partial charge >= 0.3 is 11.9 Å². The molecule has 9 aliphatic rings. The van der Waals surface area contributed by atoms with Gasteiger partial charge in [0.2, 0.25) is 12.2 Å². The van der Waals surface area contributed by atoms with Gasteiger partial charge in [0.1, 0.15) is 47.3 Å². The molecule has 6 aromatic carbocycles. The van der Waals surface area contributed by atoms with Crippen LogP contribution in [0.25, 0.3) is 72.4 Å². The van der Waals surface area contributed by atoms with Crippen LogP contribution < -0.4 is 57.8 Å². The number of rotatable bonds is 21. The molecule has 0 radical (unpaired) electrons. The Hall–Kier alpha value is -9.95. The van der Waals surface area contributed by atoms with Crippen molar-refractivity contribution in [1.82, 2.24) is 4.58 Å². The highest BCUT2D eigenvalue weighted by atomic mass is 16.7. The number of nitrogens with two attached hydrogens (primary N) is 4. The maximum absolute atomic E-state index is 13.5. The van der Waals surface area contributed by atoms with Crippen LogP contribution >= 0.6 is 0 Å². The number of nitrogen functional groups attached to an aromatic ring is 2. The van der Waals surface area contributed by atoms with Crippen molar-refractivity contribution in [3.63, 3.8) is 0 Å². The van der Waals surface area contributed by atoms with Crippen LogP contribution in [0.3, 0.4) is 0 Å². The summed E-state index contributed by atoms with van der Waals surface area (Å²) in [5.74, 6) is 3.26. The van der Waals surface area contributed by atoms with Gasteiger partial charge in [0.05, 0.1) is 40.7 Å². The molecule has 0 amide bonds. The summed E-state index contributed by atoms with van der Waals surface area (Å²) in [5, 5.41) is 17.8. The smallest absolute Gasteiger partial charge is 0.341 e. The van der Waals surface area contributed by atoms with Gasteiger partial charge in [-0.2, -0.15) is 0 Å². The Labute approximate surface area is 594 Å². The van der Waals surface area contributed by atoms with Crippen molar-refractivity contribution in [3.05, 3.63) is 206 Å².